The first-order valence-electron chi connectivity index (χ1n) is 13.6. The van der Waals surface area contributed by atoms with E-state index in [1.807, 2.05) is 112 Å². The maximum Gasteiger partial charge on any atom is 0.245 e. The van der Waals surface area contributed by atoms with E-state index in [4.69, 9.17) is 0 Å². The first kappa shape index (κ1) is 29.4. The van der Waals surface area contributed by atoms with Crippen molar-refractivity contribution in [3.05, 3.63) is 108 Å². The molecule has 1 fully saturated rings. The SMILES string of the molecule is C[C@@H](Cc1ccccc1)NC(=O)[C@@H]1N[C@@H]([C@H](NC(=O)Cc2ccccc2)C(=O)NCc2ccccc2)SC1(C)C. The lowest BCUT2D eigenvalue weighted by Gasteiger charge is -2.26. The van der Waals surface area contributed by atoms with Crippen LogP contribution in [0.3, 0.4) is 0 Å². The van der Waals surface area contributed by atoms with E-state index in [1.54, 1.807) is 0 Å². The van der Waals surface area contributed by atoms with Crippen molar-refractivity contribution in [1.82, 2.24) is 21.3 Å². The number of benzene rings is 3. The molecule has 0 spiro atoms. The van der Waals surface area contributed by atoms with Crippen molar-refractivity contribution in [2.24, 2.45) is 0 Å². The highest BCUT2D eigenvalue weighted by Crippen LogP contribution is 2.39. The van der Waals surface area contributed by atoms with Gasteiger partial charge in [0, 0.05) is 17.3 Å². The van der Waals surface area contributed by atoms with Gasteiger partial charge < -0.3 is 16.0 Å². The Hall–Kier alpha value is -3.62. The van der Waals surface area contributed by atoms with E-state index in [0.717, 1.165) is 23.1 Å². The highest BCUT2D eigenvalue weighted by molar-refractivity contribution is 8.01. The molecule has 0 saturated carbocycles. The number of nitrogens with one attached hydrogen (secondary N) is 4. The molecule has 1 heterocycles. The quantitative estimate of drug-likeness (QED) is 0.288. The summed E-state index contributed by atoms with van der Waals surface area (Å²) in [6.45, 7) is 6.30. The van der Waals surface area contributed by atoms with Crippen molar-refractivity contribution < 1.29 is 14.4 Å². The van der Waals surface area contributed by atoms with Crippen molar-refractivity contribution in [1.29, 1.82) is 0 Å². The Morgan fingerprint density at radius 3 is 1.98 bits per heavy atom. The van der Waals surface area contributed by atoms with Crippen molar-refractivity contribution in [2.75, 3.05) is 0 Å². The average molecular weight is 559 g/mol. The number of thioether (sulfide) groups is 1. The molecule has 0 aliphatic carbocycles. The molecule has 1 aliphatic rings. The zero-order chi connectivity index (χ0) is 28.5. The molecule has 8 heteroatoms. The maximum absolute atomic E-state index is 13.5. The Labute approximate surface area is 240 Å². The van der Waals surface area contributed by atoms with E-state index < -0.39 is 22.2 Å². The summed E-state index contributed by atoms with van der Waals surface area (Å²) in [6.07, 6.45) is 0.876. The second-order valence-corrected chi connectivity index (χ2v) is 12.5. The Morgan fingerprint density at radius 2 is 1.38 bits per heavy atom. The van der Waals surface area contributed by atoms with Crippen LogP contribution in [0.15, 0.2) is 91.0 Å². The van der Waals surface area contributed by atoms with Gasteiger partial charge >= 0.3 is 0 Å². The Balaban J connectivity index is 1.45. The fraction of sp³-hybridized carbons (Fsp3) is 0.344. The lowest BCUT2D eigenvalue weighted by Crippen LogP contribution is -2.58. The summed E-state index contributed by atoms with van der Waals surface area (Å²) < 4.78 is -0.511. The van der Waals surface area contributed by atoms with Gasteiger partial charge in [0.15, 0.2) is 0 Å². The molecule has 4 atom stereocenters. The van der Waals surface area contributed by atoms with Crippen LogP contribution in [-0.4, -0.2) is 46.0 Å². The normalized spacial score (nSPS) is 19.3. The third-order valence-electron chi connectivity index (χ3n) is 6.91. The van der Waals surface area contributed by atoms with Crippen molar-refractivity contribution >= 4 is 29.5 Å². The van der Waals surface area contributed by atoms with E-state index in [0.29, 0.717) is 6.54 Å². The number of carbonyl (C=O) groups is 3. The molecule has 1 saturated heterocycles. The lowest BCUT2D eigenvalue weighted by atomic mass is 10.0. The van der Waals surface area contributed by atoms with Gasteiger partial charge in [-0.1, -0.05) is 91.0 Å². The van der Waals surface area contributed by atoms with Gasteiger partial charge in [-0.2, -0.15) is 0 Å². The molecule has 0 radical (unpaired) electrons. The molecule has 0 unspecified atom stereocenters. The zero-order valence-corrected chi connectivity index (χ0v) is 24.0. The van der Waals surface area contributed by atoms with Gasteiger partial charge in [-0.05, 0) is 43.9 Å². The zero-order valence-electron chi connectivity index (χ0n) is 23.2. The monoisotopic (exact) mass is 558 g/mol. The van der Waals surface area contributed by atoms with Gasteiger partial charge in [-0.15, -0.1) is 11.8 Å². The maximum atomic E-state index is 13.5. The number of amides is 3. The summed E-state index contributed by atoms with van der Waals surface area (Å²) >= 11 is 1.49. The van der Waals surface area contributed by atoms with E-state index in [9.17, 15) is 14.4 Å². The molecule has 4 N–H and O–H groups in total. The molecule has 4 rings (SSSR count). The summed E-state index contributed by atoms with van der Waals surface area (Å²) in [4.78, 5) is 39.9. The van der Waals surface area contributed by atoms with Crippen LogP contribution in [0.5, 0.6) is 0 Å². The van der Waals surface area contributed by atoms with Crippen LogP contribution >= 0.6 is 11.8 Å². The number of hydrogen-bond donors (Lipinski definition) is 4. The summed E-state index contributed by atoms with van der Waals surface area (Å²) in [5.41, 5.74) is 2.97. The first-order valence-corrected chi connectivity index (χ1v) is 14.5. The van der Waals surface area contributed by atoms with E-state index in [-0.39, 0.29) is 30.2 Å². The lowest BCUT2D eigenvalue weighted by molar-refractivity contribution is -0.129. The fourth-order valence-corrected chi connectivity index (χ4v) is 6.37. The first-order chi connectivity index (χ1) is 19.2. The van der Waals surface area contributed by atoms with Gasteiger partial charge in [0.2, 0.25) is 17.7 Å². The number of hydrogen-bond acceptors (Lipinski definition) is 5. The van der Waals surface area contributed by atoms with Crippen LogP contribution in [0, 0.1) is 0 Å². The topological polar surface area (TPSA) is 99.3 Å². The molecule has 1 aliphatic heterocycles. The minimum atomic E-state index is -0.872. The van der Waals surface area contributed by atoms with Crippen LogP contribution in [0.1, 0.15) is 37.5 Å². The largest absolute Gasteiger partial charge is 0.352 e. The van der Waals surface area contributed by atoms with Crippen LogP contribution in [0.2, 0.25) is 0 Å². The van der Waals surface area contributed by atoms with Crippen LogP contribution < -0.4 is 21.3 Å². The molecule has 7 nitrogen and oxygen atoms in total. The average Bonchev–Trinajstić information content (AvgIpc) is 3.26. The van der Waals surface area contributed by atoms with Crippen LogP contribution in [0.4, 0.5) is 0 Å². The van der Waals surface area contributed by atoms with Gasteiger partial charge in [-0.3, -0.25) is 19.7 Å². The molecule has 40 heavy (non-hydrogen) atoms. The van der Waals surface area contributed by atoms with E-state index in [1.165, 1.54) is 11.8 Å². The second kappa shape index (κ2) is 13.6. The van der Waals surface area contributed by atoms with Gasteiger partial charge in [0.25, 0.3) is 0 Å². The van der Waals surface area contributed by atoms with E-state index in [2.05, 4.69) is 21.3 Å². The van der Waals surface area contributed by atoms with Crippen molar-refractivity contribution in [2.45, 2.75) is 68.4 Å². The molecule has 0 bridgehead atoms. The summed E-state index contributed by atoms with van der Waals surface area (Å²) in [5.74, 6) is -0.678. The fourth-order valence-electron chi connectivity index (χ4n) is 4.87. The molecule has 3 amide bonds. The van der Waals surface area contributed by atoms with Crippen LogP contribution in [0.25, 0.3) is 0 Å². The minimum Gasteiger partial charge on any atom is -0.352 e. The Bertz CT molecular complexity index is 1270. The van der Waals surface area contributed by atoms with Crippen LogP contribution in [-0.2, 0) is 33.8 Å². The van der Waals surface area contributed by atoms with Gasteiger partial charge in [0.05, 0.1) is 11.8 Å². The number of rotatable bonds is 11. The predicted octanol–water partition coefficient (Wildman–Crippen LogP) is 3.59. The standard InChI is InChI=1S/C32H38N4O3S/c1-22(19-23-13-7-4-8-14-23)34-30(39)28-32(2,3)40-31(36-28)27(29(38)33-21-25-17-11-6-12-18-25)35-26(37)20-24-15-9-5-10-16-24/h4-18,22,27-28,31,36H,19-21H2,1-3H3,(H,33,38)(H,34,39)(H,35,37)/t22-,27+,28-,31+/m0/s1. The van der Waals surface area contributed by atoms with E-state index >= 15 is 0 Å². The van der Waals surface area contributed by atoms with Crippen molar-refractivity contribution in [3.8, 4) is 0 Å². The minimum absolute atomic E-state index is 0.0629. The molecule has 0 aromatic heterocycles. The second-order valence-electron chi connectivity index (χ2n) is 10.8. The third-order valence-corrected chi connectivity index (χ3v) is 8.42. The highest BCUT2D eigenvalue weighted by atomic mass is 32.2. The van der Waals surface area contributed by atoms with Gasteiger partial charge in [0.1, 0.15) is 12.1 Å². The summed E-state index contributed by atoms with van der Waals surface area (Å²) in [7, 11) is 0. The summed E-state index contributed by atoms with van der Waals surface area (Å²) in [6, 6.07) is 27.6. The smallest absolute Gasteiger partial charge is 0.245 e. The summed E-state index contributed by atoms with van der Waals surface area (Å²) in [5, 5.41) is 11.9. The Kier molecular flexibility index (Phi) is 10.0. The van der Waals surface area contributed by atoms with Gasteiger partial charge in [-0.25, -0.2) is 0 Å². The van der Waals surface area contributed by atoms with Crippen molar-refractivity contribution in [3.63, 3.8) is 0 Å². The third kappa shape index (κ3) is 8.19. The molecular weight excluding hydrogens is 520 g/mol. The highest BCUT2D eigenvalue weighted by Gasteiger charge is 2.49. The molecule has 3 aromatic rings. The molecular formula is C32H38N4O3S. The number of carbonyl (C=O) groups excluding carboxylic acids is 3. The predicted molar refractivity (Wildman–Crippen MR) is 160 cm³/mol. The molecule has 3 aromatic carbocycles. The molecule has 210 valence electrons. The Morgan fingerprint density at radius 1 is 0.825 bits per heavy atom.